The van der Waals surface area contributed by atoms with Gasteiger partial charge >= 0.3 is 4.87 Å². The lowest BCUT2D eigenvalue weighted by atomic mass is 9.76. The SMILES string of the molecule is CC1(C)c2sc(=O)n(CC(=O)N3CCOCC3)c2S[C@@H]2C(=O)N(c3ccc(F)cc3)C(=O)[C@@H]21. The van der Waals surface area contributed by atoms with Crippen LogP contribution < -0.4 is 9.77 Å². The number of hydrogen-bond acceptors (Lipinski definition) is 7. The van der Waals surface area contributed by atoms with E-state index in [0.29, 0.717) is 41.9 Å². The molecule has 1 aromatic carbocycles. The number of rotatable bonds is 3. The molecule has 2 saturated heterocycles. The lowest BCUT2D eigenvalue weighted by Crippen LogP contribution is -2.44. The van der Waals surface area contributed by atoms with E-state index in [1.165, 1.54) is 40.6 Å². The van der Waals surface area contributed by atoms with Crippen molar-refractivity contribution in [2.45, 2.75) is 36.1 Å². The van der Waals surface area contributed by atoms with Crippen molar-refractivity contribution in [1.29, 1.82) is 0 Å². The van der Waals surface area contributed by atoms with Gasteiger partial charge in [0, 0.05) is 23.4 Å². The van der Waals surface area contributed by atoms with Gasteiger partial charge in [0.15, 0.2) is 0 Å². The monoisotopic (exact) mass is 491 g/mol. The first-order chi connectivity index (χ1) is 15.7. The number of carbonyl (C=O) groups excluding carboxylic acids is 3. The van der Waals surface area contributed by atoms with Crippen LogP contribution >= 0.6 is 23.1 Å². The molecule has 1 aromatic heterocycles. The molecule has 5 rings (SSSR count). The van der Waals surface area contributed by atoms with Crippen molar-refractivity contribution in [3.63, 3.8) is 0 Å². The Kier molecular flexibility index (Phi) is 5.45. The van der Waals surface area contributed by atoms with Gasteiger partial charge in [-0.25, -0.2) is 9.29 Å². The Morgan fingerprint density at radius 1 is 1.12 bits per heavy atom. The van der Waals surface area contributed by atoms with E-state index < -0.39 is 28.3 Å². The molecule has 0 aliphatic carbocycles. The summed E-state index contributed by atoms with van der Waals surface area (Å²) < 4.78 is 20.1. The number of fused-ring (bicyclic) bond motifs is 2. The van der Waals surface area contributed by atoms with Gasteiger partial charge in [-0.15, -0.1) is 0 Å². The molecule has 174 valence electrons. The van der Waals surface area contributed by atoms with Crippen molar-refractivity contribution in [3.8, 4) is 0 Å². The number of imide groups is 1. The van der Waals surface area contributed by atoms with Crippen LogP contribution in [0.4, 0.5) is 10.1 Å². The quantitative estimate of drug-likeness (QED) is 0.609. The fourth-order valence-electron chi connectivity index (χ4n) is 4.66. The largest absolute Gasteiger partial charge is 0.378 e. The molecular weight excluding hydrogens is 469 g/mol. The van der Waals surface area contributed by atoms with Gasteiger partial charge in [-0.05, 0) is 24.3 Å². The van der Waals surface area contributed by atoms with Gasteiger partial charge in [0.2, 0.25) is 17.7 Å². The van der Waals surface area contributed by atoms with Gasteiger partial charge in [0.1, 0.15) is 17.6 Å². The molecule has 2 atom stereocenters. The standard InChI is InChI=1S/C22H22FN3O5S2/c1-22(2)15-16(19(29)26(18(15)28)13-5-3-12(23)4-6-13)32-20-17(22)33-21(30)25(20)11-14(27)24-7-9-31-10-8-24/h3-6,15-16H,7-11H2,1-2H3/t15-,16+/m1/s1. The smallest absolute Gasteiger partial charge is 0.308 e. The third kappa shape index (κ3) is 3.53. The van der Waals surface area contributed by atoms with E-state index in [9.17, 15) is 23.6 Å². The molecule has 3 aliphatic rings. The third-order valence-electron chi connectivity index (χ3n) is 6.45. The Bertz CT molecular complexity index is 1200. The van der Waals surface area contributed by atoms with E-state index >= 15 is 0 Å². The number of amides is 3. The first-order valence-electron chi connectivity index (χ1n) is 10.6. The van der Waals surface area contributed by atoms with Crippen LogP contribution in [0.25, 0.3) is 0 Å². The van der Waals surface area contributed by atoms with Crippen molar-refractivity contribution in [1.82, 2.24) is 9.47 Å². The average molecular weight is 492 g/mol. The summed E-state index contributed by atoms with van der Waals surface area (Å²) in [4.78, 5) is 55.6. The number of benzene rings is 1. The van der Waals surface area contributed by atoms with E-state index in [4.69, 9.17) is 4.74 Å². The number of thioether (sulfide) groups is 1. The maximum absolute atomic E-state index is 13.4. The molecule has 3 amide bonds. The average Bonchev–Trinajstić information content (AvgIpc) is 3.24. The zero-order chi connectivity index (χ0) is 23.5. The van der Waals surface area contributed by atoms with Crippen molar-refractivity contribution >= 4 is 46.5 Å². The number of aromatic nitrogens is 1. The van der Waals surface area contributed by atoms with Gasteiger partial charge in [-0.2, -0.15) is 0 Å². The Morgan fingerprint density at radius 2 is 1.79 bits per heavy atom. The summed E-state index contributed by atoms with van der Waals surface area (Å²) in [6.07, 6.45) is 0. The predicted octanol–water partition coefficient (Wildman–Crippen LogP) is 1.85. The van der Waals surface area contributed by atoms with Crippen LogP contribution in [0.5, 0.6) is 0 Å². The predicted molar refractivity (Wildman–Crippen MR) is 121 cm³/mol. The Morgan fingerprint density at radius 3 is 2.45 bits per heavy atom. The van der Waals surface area contributed by atoms with Crippen LogP contribution in [0.2, 0.25) is 0 Å². The van der Waals surface area contributed by atoms with E-state index in [-0.39, 0.29) is 23.2 Å². The van der Waals surface area contributed by atoms with E-state index in [1.54, 1.807) is 4.90 Å². The number of hydrogen-bond donors (Lipinski definition) is 0. The maximum atomic E-state index is 13.4. The second-order valence-corrected chi connectivity index (χ2v) is 10.9. The molecule has 2 fully saturated rings. The summed E-state index contributed by atoms with van der Waals surface area (Å²) in [5.74, 6) is -2.07. The van der Waals surface area contributed by atoms with Crippen molar-refractivity contribution in [3.05, 3.63) is 44.6 Å². The van der Waals surface area contributed by atoms with Crippen molar-refractivity contribution in [2.24, 2.45) is 5.92 Å². The van der Waals surface area contributed by atoms with Crippen molar-refractivity contribution in [2.75, 3.05) is 31.2 Å². The molecule has 0 saturated carbocycles. The van der Waals surface area contributed by atoms with Crippen LogP contribution in [0, 0.1) is 11.7 Å². The molecule has 0 bridgehead atoms. The molecular formula is C22H22FN3O5S2. The summed E-state index contributed by atoms with van der Waals surface area (Å²) in [7, 11) is 0. The van der Waals surface area contributed by atoms with Crippen LogP contribution in [-0.2, 0) is 31.1 Å². The Balaban J connectivity index is 1.49. The highest BCUT2D eigenvalue weighted by Gasteiger charge is 2.59. The van der Waals surface area contributed by atoms with Crippen LogP contribution in [-0.4, -0.2) is 58.7 Å². The number of halogens is 1. The fourth-order valence-corrected chi connectivity index (χ4v) is 7.70. The second-order valence-electron chi connectivity index (χ2n) is 8.81. The van der Waals surface area contributed by atoms with Crippen molar-refractivity contribution < 1.29 is 23.5 Å². The third-order valence-corrected chi connectivity index (χ3v) is 9.27. The number of ether oxygens (including phenoxy) is 1. The van der Waals surface area contributed by atoms with Gasteiger partial charge in [0.25, 0.3) is 0 Å². The molecule has 3 aliphatic heterocycles. The van der Waals surface area contributed by atoms with Gasteiger partial charge in [-0.1, -0.05) is 36.9 Å². The zero-order valence-electron chi connectivity index (χ0n) is 18.1. The molecule has 0 radical (unpaired) electrons. The zero-order valence-corrected chi connectivity index (χ0v) is 19.7. The van der Waals surface area contributed by atoms with Gasteiger partial charge in [-0.3, -0.25) is 23.7 Å². The highest BCUT2D eigenvalue weighted by molar-refractivity contribution is 8.00. The summed E-state index contributed by atoms with van der Waals surface area (Å²) in [6, 6.07) is 5.24. The fraction of sp³-hybridized carbons (Fsp3) is 0.455. The highest BCUT2D eigenvalue weighted by Crippen LogP contribution is 2.54. The summed E-state index contributed by atoms with van der Waals surface area (Å²) >= 11 is 2.19. The van der Waals surface area contributed by atoms with Gasteiger partial charge < -0.3 is 9.64 Å². The highest BCUT2D eigenvalue weighted by atomic mass is 32.2. The van der Waals surface area contributed by atoms with E-state index in [2.05, 4.69) is 0 Å². The van der Waals surface area contributed by atoms with Crippen LogP contribution in [0.15, 0.2) is 34.1 Å². The summed E-state index contributed by atoms with van der Waals surface area (Å²) in [5, 5.41) is -0.163. The molecule has 0 spiro atoms. The maximum Gasteiger partial charge on any atom is 0.308 e. The molecule has 0 unspecified atom stereocenters. The van der Waals surface area contributed by atoms with E-state index in [1.807, 2.05) is 13.8 Å². The first kappa shape index (κ1) is 22.3. The number of morpholine rings is 1. The van der Waals surface area contributed by atoms with Crippen LogP contribution in [0.3, 0.4) is 0 Å². The summed E-state index contributed by atoms with van der Waals surface area (Å²) in [6.45, 7) is 5.47. The number of thiazole rings is 1. The molecule has 8 nitrogen and oxygen atoms in total. The molecule has 0 N–H and O–H groups in total. The lowest BCUT2D eigenvalue weighted by molar-refractivity contribution is -0.136. The van der Waals surface area contributed by atoms with E-state index in [0.717, 1.165) is 16.2 Å². The minimum Gasteiger partial charge on any atom is -0.378 e. The molecule has 11 heteroatoms. The molecule has 2 aromatic rings. The molecule has 4 heterocycles. The minimum atomic E-state index is -0.788. The number of anilines is 1. The Hall–Kier alpha value is -2.50. The lowest BCUT2D eigenvalue weighted by Gasteiger charge is -2.36. The second kappa shape index (κ2) is 8.07. The first-order valence-corrected chi connectivity index (χ1v) is 12.3. The topological polar surface area (TPSA) is 88.9 Å². The molecule has 33 heavy (non-hydrogen) atoms. The van der Waals surface area contributed by atoms with Crippen LogP contribution in [0.1, 0.15) is 18.7 Å². The minimum absolute atomic E-state index is 0.116. The summed E-state index contributed by atoms with van der Waals surface area (Å²) in [5.41, 5.74) is -0.468. The van der Waals surface area contributed by atoms with Gasteiger partial charge in [0.05, 0.1) is 29.8 Å². The number of carbonyl (C=O) groups is 3. The Labute approximate surface area is 197 Å². The normalized spacial score (nSPS) is 24.1. The number of nitrogens with zero attached hydrogens (tertiary/aromatic N) is 3.